The quantitative estimate of drug-likeness (QED) is 0.860. The Labute approximate surface area is 106 Å². The van der Waals surface area contributed by atoms with Crippen LogP contribution in [-0.2, 0) is 4.79 Å². The molecule has 0 saturated carbocycles. The van der Waals surface area contributed by atoms with Crippen molar-refractivity contribution in [2.75, 3.05) is 11.4 Å². The molecule has 5 nitrogen and oxygen atoms in total. The van der Waals surface area contributed by atoms with Gasteiger partial charge < -0.3 is 15.7 Å². The molecule has 17 heavy (non-hydrogen) atoms. The molecule has 1 aromatic rings. The predicted octanol–water partition coefficient (Wildman–Crippen LogP) is 1.21. The lowest BCUT2D eigenvalue weighted by Gasteiger charge is -2.18. The maximum absolute atomic E-state index is 11.7. The summed E-state index contributed by atoms with van der Waals surface area (Å²) in [5.74, 6) is -1.20. The smallest absolute Gasteiger partial charge is 0.337 e. The Bertz CT molecular complexity index is 490. The van der Waals surface area contributed by atoms with E-state index >= 15 is 0 Å². The Kier molecular flexibility index (Phi) is 3.17. The van der Waals surface area contributed by atoms with Gasteiger partial charge in [-0.05, 0) is 18.2 Å². The minimum absolute atomic E-state index is 0.0989. The average molecular weight is 299 g/mol. The largest absolute Gasteiger partial charge is 0.478 e. The number of halogens is 1. The number of hydrogen-bond donors (Lipinski definition) is 2. The molecule has 1 aliphatic heterocycles. The highest BCUT2D eigenvalue weighted by molar-refractivity contribution is 9.10. The van der Waals surface area contributed by atoms with Gasteiger partial charge in [0, 0.05) is 23.5 Å². The van der Waals surface area contributed by atoms with E-state index < -0.39 is 5.97 Å². The normalized spacial score (nSPS) is 19.8. The zero-order chi connectivity index (χ0) is 12.6. The Morgan fingerprint density at radius 3 is 2.76 bits per heavy atom. The third-order valence-electron chi connectivity index (χ3n) is 2.63. The monoisotopic (exact) mass is 298 g/mol. The molecule has 1 saturated heterocycles. The van der Waals surface area contributed by atoms with Gasteiger partial charge in [-0.1, -0.05) is 15.9 Å². The highest BCUT2D eigenvalue weighted by Crippen LogP contribution is 2.27. The molecule has 0 spiro atoms. The number of anilines is 1. The van der Waals surface area contributed by atoms with Crippen molar-refractivity contribution in [3.8, 4) is 0 Å². The number of hydrogen-bond acceptors (Lipinski definition) is 3. The van der Waals surface area contributed by atoms with E-state index in [9.17, 15) is 9.59 Å². The van der Waals surface area contributed by atoms with Crippen molar-refractivity contribution in [3.63, 3.8) is 0 Å². The third-order valence-corrected chi connectivity index (χ3v) is 3.13. The summed E-state index contributed by atoms with van der Waals surface area (Å²) in [7, 11) is 0. The van der Waals surface area contributed by atoms with Crippen LogP contribution in [0, 0.1) is 0 Å². The second kappa shape index (κ2) is 4.46. The summed E-state index contributed by atoms with van der Waals surface area (Å²) in [6, 6.07) is 4.57. The number of amides is 1. The summed E-state index contributed by atoms with van der Waals surface area (Å²) < 4.78 is 0.662. The SMILES string of the molecule is NC1CC(=O)N(c2ccc(Br)cc2C(=O)O)C1. The van der Waals surface area contributed by atoms with Gasteiger partial charge in [0.25, 0.3) is 0 Å². The van der Waals surface area contributed by atoms with E-state index in [1.807, 2.05) is 0 Å². The van der Waals surface area contributed by atoms with Gasteiger partial charge in [-0.3, -0.25) is 4.79 Å². The molecule has 6 heteroatoms. The van der Waals surface area contributed by atoms with Crippen molar-refractivity contribution in [1.29, 1.82) is 0 Å². The minimum atomic E-state index is -1.06. The molecule has 1 aliphatic rings. The summed E-state index contributed by atoms with van der Waals surface area (Å²) >= 11 is 3.21. The van der Waals surface area contributed by atoms with Crippen molar-refractivity contribution in [2.45, 2.75) is 12.5 Å². The molecule has 1 unspecified atom stereocenters. The van der Waals surface area contributed by atoms with E-state index in [1.165, 1.54) is 11.0 Å². The first-order valence-corrected chi connectivity index (χ1v) is 5.87. The summed E-state index contributed by atoms with van der Waals surface area (Å²) in [6.45, 7) is 0.362. The molecule has 1 atom stereocenters. The van der Waals surface area contributed by atoms with E-state index in [4.69, 9.17) is 10.8 Å². The van der Waals surface area contributed by atoms with Crippen LogP contribution in [0.5, 0.6) is 0 Å². The second-order valence-corrected chi connectivity index (χ2v) is 4.85. The van der Waals surface area contributed by atoms with Gasteiger partial charge in [-0.25, -0.2) is 4.79 Å². The maximum Gasteiger partial charge on any atom is 0.337 e. The maximum atomic E-state index is 11.7. The van der Waals surface area contributed by atoms with E-state index in [-0.39, 0.29) is 23.9 Å². The number of nitrogens with zero attached hydrogens (tertiary/aromatic N) is 1. The molecule has 3 N–H and O–H groups in total. The third kappa shape index (κ3) is 2.32. The summed E-state index contributed by atoms with van der Waals surface area (Å²) in [6.07, 6.45) is 0.259. The lowest BCUT2D eigenvalue weighted by atomic mass is 10.1. The molecule has 0 aromatic heterocycles. The zero-order valence-corrected chi connectivity index (χ0v) is 10.5. The number of carbonyl (C=O) groups is 2. The van der Waals surface area contributed by atoms with Crippen molar-refractivity contribution in [2.24, 2.45) is 5.73 Å². The number of rotatable bonds is 2. The Hall–Kier alpha value is -1.40. The van der Waals surface area contributed by atoms with Gasteiger partial charge in [0.1, 0.15) is 0 Å². The molecule has 0 radical (unpaired) electrons. The number of carboxylic acid groups (broad SMARTS) is 1. The molecule has 0 aliphatic carbocycles. The lowest BCUT2D eigenvalue weighted by Crippen LogP contribution is -2.29. The van der Waals surface area contributed by atoms with Crippen molar-refractivity contribution in [3.05, 3.63) is 28.2 Å². The Balaban J connectivity index is 2.45. The first-order valence-electron chi connectivity index (χ1n) is 5.08. The fourth-order valence-corrected chi connectivity index (χ4v) is 2.24. The van der Waals surface area contributed by atoms with Crippen LogP contribution >= 0.6 is 15.9 Å². The highest BCUT2D eigenvalue weighted by atomic mass is 79.9. The van der Waals surface area contributed by atoms with E-state index in [2.05, 4.69) is 15.9 Å². The van der Waals surface area contributed by atoms with Gasteiger partial charge in [0.15, 0.2) is 0 Å². The standard InChI is InChI=1S/C11H11BrN2O3/c12-6-1-2-9(8(3-6)11(16)17)14-5-7(13)4-10(14)15/h1-3,7H,4-5,13H2,(H,16,17). The van der Waals surface area contributed by atoms with Crippen LogP contribution in [-0.4, -0.2) is 29.6 Å². The average Bonchev–Trinajstić information content (AvgIpc) is 2.57. The molecule has 1 amide bonds. The number of carbonyl (C=O) groups excluding carboxylic acids is 1. The number of nitrogens with two attached hydrogens (primary N) is 1. The van der Waals surface area contributed by atoms with Gasteiger partial charge in [-0.2, -0.15) is 0 Å². The molecule has 1 aromatic carbocycles. The van der Waals surface area contributed by atoms with E-state index in [1.54, 1.807) is 12.1 Å². The second-order valence-electron chi connectivity index (χ2n) is 3.94. The first-order chi connectivity index (χ1) is 7.99. The Morgan fingerprint density at radius 2 is 2.24 bits per heavy atom. The summed E-state index contributed by atoms with van der Waals surface area (Å²) in [5, 5.41) is 9.11. The molecule has 2 rings (SSSR count). The molecule has 90 valence electrons. The molecular weight excluding hydrogens is 288 g/mol. The van der Waals surface area contributed by atoms with Crippen LogP contribution in [0.25, 0.3) is 0 Å². The number of carboxylic acids is 1. The highest BCUT2D eigenvalue weighted by Gasteiger charge is 2.30. The molecule has 1 heterocycles. The summed E-state index contributed by atoms with van der Waals surface area (Å²) in [5.41, 5.74) is 6.19. The number of benzene rings is 1. The minimum Gasteiger partial charge on any atom is -0.478 e. The van der Waals surface area contributed by atoms with Gasteiger partial charge >= 0.3 is 5.97 Å². The molecular formula is C11H11BrN2O3. The lowest BCUT2D eigenvalue weighted by molar-refractivity contribution is -0.117. The van der Waals surface area contributed by atoms with Gasteiger partial charge in [0.05, 0.1) is 11.3 Å². The topological polar surface area (TPSA) is 83.6 Å². The van der Waals surface area contributed by atoms with Gasteiger partial charge in [-0.15, -0.1) is 0 Å². The predicted molar refractivity (Wildman–Crippen MR) is 66.0 cm³/mol. The fourth-order valence-electron chi connectivity index (χ4n) is 1.88. The van der Waals surface area contributed by atoms with Crippen LogP contribution in [0.15, 0.2) is 22.7 Å². The first kappa shape index (κ1) is 12.1. The summed E-state index contributed by atoms with van der Waals surface area (Å²) in [4.78, 5) is 24.2. The van der Waals surface area contributed by atoms with E-state index in [0.29, 0.717) is 16.7 Å². The van der Waals surface area contributed by atoms with Crippen LogP contribution in [0.2, 0.25) is 0 Å². The van der Waals surface area contributed by atoms with Gasteiger partial charge in [0.2, 0.25) is 5.91 Å². The van der Waals surface area contributed by atoms with Crippen LogP contribution < -0.4 is 10.6 Å². The van der Waals surface area contributed by atoms with Crippen LogP contribution in [0.4, 0.5) is 5.69 Å². The molecule has 0 bridgehead atoms. The fraction of sp³-hybridized carbons (Fsp3) is 0.273. The Morgan fingerprint density at radius 1 is 1.53 bits per heavy atom. The van der Waals surface area contributed by atoms with E-state index in [0.717, 1.165) is 0 Å². The zero-order valence-electron chi connectivity index (χ0n) is 8.89. The number of aromatic carboxylic acids is 1. The van der Waals surface area contributed by atoms with Crippen LogP contribution in [0.3, 0.4) is 0 Å². The van der Waals surface area contributed by atoms with Crippen LogP contribution in [0.1, 0.15) is 16.8 Å². The molecule has 1 fully saturated rings. The van der Waals surface area contributed by atoms with Crippen molar-refractivity contribution in [1.82, 2.24) is 0 Å². The van der Waals surface area contributed by atoms with Crippen molar-refractivity contribution < 1.29 is 14.7 Å². The van der Waals surface area contributed by atoms with Crippen molar-refractivity contribution >= 4 is 33.5 Å².